The number of benzene rings is 1. The Bertz CT molecular complexity index is 1340. The standard InChI is InChI=1S/C29H35N5O6/c35-17-8-2-1-7-16-33-25-27(37)32(19-34-21-12-6-5-11-20(21)30-31-34)15-10-14-29(25)24(26(33)36)23-22(40-29)13-4-3-9-18-39-28(23)38/h4-6,10-14,22-25,35H,1-3,7-9,15-19H2/b13-4-/t22-,23+,24-,25?,29-/m0/s1. The zero-order valence-electron chi connectivity index (χ0n) is 22.4. The minimum absolute atomic E-state index is 0.123. The van der Waals surface area contributed by atoms with Crippen molar-refractivity contribution in [2.24, 2.45) is 11.8 Å². The van der Waals surface area contributed by atoms with Crippen LogP contribution in [0.25, 0.3) is 11.0 Å². The first kappa shape index (κ1) is 26.6. The zero-order valence-corrected chi connectivity index (χ0v) is 22.4. The van der Waals surface area contributed by atoms with Crippen molar-refractivity contribution >= 4 is 28.8 Å². The summed E-state index contributed by atoms with van der Waals surface area (Å²) in [5, 5.41) is 17.6. The second-order valence-electron chi connectivity index (χ2n) is 10.9. The van der Waals surface area contributed by atoms with Crippen molar-refractivity contribution in [1.82, 2.24) is 24.8 Å². The molecule has 1 N–H and O–H groups in total. The molecule has 2 fully saturated rings. The number of cyclic esters (lactones) is 1. The normalized spacial score (nSPS) is 30.8. The Morgan fingerprint density at radius 3 is 2.77 bits per heavy atom. The van der Waals surface area contributed by atoms with Gasteiger partial charge in [0, 0.05) is 19.7 Å². The van der Waals surface area contributed by atoms with Gasteiger partial charge in [-0.2, -0.15) is 0 Å². The van der Waals surface area contributed by atoms with E-state index in [4.69, 9.17) is 14.6 Å². The highest BCUT2D eigenvalue weighted by molar-refractivity contribution is 5.99. The van der Waals surface area contributed by atoms with Crippen LogP contribution in [0.15, 0.2) is 48.6 Å². The third kappa shape index (κ3) is 4.50. The van der Waals surface area contributed by atoms with Crippen LogP contribution in [0.3, 0.4) is 0 Å². The number of esters is 1. The lowest BCUT2D eigenvalue weighted by Crippen LogP contribution is -2.55. The average Bonchev–Trinajstić information content (AvgIpc) is 3.56. The van der Waals surface area contributed by atoms with Crippen LogP contribution in [0.5, 0.6) is 0 Å². The lowest BCUT2D eigenvalue weighted by Gasteiger charge is -2.35. The van der Waals surface area contributed by atoms with Crippen LogP contribution in [-0.2, 0) is 30.5 Å². The lowest BCUT2D eigenvalue weighted by molar-refractivity contribution is -0.155. The predicted octanol–water partition coefficient (Wildman–Crippen LogP) is 1.81. The van der Waals surface area contributed by atoms with Crippen molar-refractivity contribution in [3.05, 3.63) is 48.6 Å². The molecule has 2 saturated heterocycles. The Morgan fingerprint density at radius 2 is 1.90 bits per heavy atom. The van der Waals surface area contributed by atoms with Crippen molar-refractivity contribution in [3.63, 3.8) is 0 Å². The molecule has 1 aromatic heterocycles. The lowest BCUT2D eigenvalue weighted by atomic mass is 9.78. The molecule has 6 rings (SSSR count). The van der Waals surface area contributed by atoms with E-state index in [2.05, 4.69) is 10.3 Å². The highest BCUT2D eigenvalue weighted by atomic mass is 16.6. The van der Waals surface area contributed by atoms with E-state index in [9.17, 15) is 14.4 Å². The number of amides is 2. The molecule has 0 radical (unpaired) electrons. The highest BCUT2D eigenvalue weighted by Crippen LogP contribution is 2.53. The Kier molecular flexibility index (Phi) is 7.41. The maximum atomic E-state index is 14.4. The summed E-state index contributed by atoms with van der Waals surface area (Å²) in [6, 6.07) is 6.63. The Balaban J connectivity index is 1.35. The third-order valence-electron chi connectivity index (χ3n) is 8.47. The maximum Gasteiger partial charge on any atom is 0.312 e. The second-order valence-corrected chi connectivity index (χ2v) is 10.9. The fraction of sp³-hybridized carbons (Fsp3) is 0.552. The molecule has 0 saturated carbocycles. The van der Waals surface area contributed by atoms with E-state index < -0.39 is 35.6 Å². The molecule has 5 heterocycles. The summed E-state index contributed by atoms with van der Waals surface area (Å²) >= 11 is 0. The van der Waals surface area contributed by atoms with Gasteiger partial charge in [0.2, 0.25) is 5.91 Å². The highest BCUT2D eigenvalue weighted by Gasteiger charge is 2.71. The number of ether oxygens (including phenoxy) is 2. The monoisotopic (exact) mass is 549 g/mol. The number of hydrogen-bond acceptors (Lipinski definition) is 8. The molecule has 2 amide bonds. The molecule has 11 heteroatoms. The Morgan fingerprint density at radius 1 is 1.05 bits per heavy atom. The van der Waals surface area contributed by atoms with Crippen LogP contribution in [-0.4, -0.2) is 91.7 Å². The van der Waals surface area contributed by atoms with Crippen LogP contribution in [0.1, 0.15) is 38.5 Å². The van der Waals surface area contributed by atoms with Gasteiger partial charge in [-0.1, -0.05) is 54.5 Å². The van der Waals surface area contributed by atoms with Crippen molar-refractivity contribution in [1.29, 1.82) is 0 Å². The molecule has 11 nitrogen and oxygen atoms in total. The van der Waals surface area contributed by atoms with Gasteiger partial charge in [-0.25, -0.2) is 4.68 Å². The van der Waals surface area contributed by atoms with Gasteiger partial charge in [-0.3, -0.25) is 14.4 Å². The zero-order chi connectivity index (χ0) is 27.7. The third-order valence-corrected chi connectivity index (χ3v) is 8.47. The largest absolute Gasteiger partial charge is 0.465 e. The van der Waals surface area contributed by atoms with Crippen LogP contribution >= 0.6 is 0 Å². The SMILES string of the molecule is O=C1OCCC/C=C\[C@@H]2O[C@]34C=CCN(Cn5nnc6ccccc65)C(=O)C3N(CCCCCCO)C(=O)[C@@H]4[C@H]12. The fourth-order valence-electron chi connectivity index (χ4n) is 6.60. The molecule has 4 aliphatic heterocycles. The number of allylic oxidation sites excluding steroid dienone is 1. The Hall–Kier alpha value is -3.57. The number of hydrogen-bond donors (Lipinski definition) is 1. The fourth-order valence-corrected chi connectivity index (χ4v) is 6.60. The predicted molar refractivity (Wildman–Crippen MR) is 143 cm³/mol. The average molecular weight is 550 g/mol. The summed E-state index contributed by atoms with van der Waals surface area (Å²) in [4.78, 5) is 45.1. The van der Waals surface area contributed by atoms with Crippen molar-refractivity contribution in [2.75, 3.05) is 26.3 Å². The minimum atomic E-state index is -1.28. The summed E-state index contributed by atoms with van der Waals surface area (Å²) in [5.41, 5.74) is 0.254. The van der Waals surface area contributed by atoms with Crippen LogP contribution in [0.2, 0.25) is 0 Å². The summed E-state index contributed by atoms with van der Waals surface area (Å²) in [5.74, 6) is -2.64. The number of aromatic nitrogens is 3. The molecule has 0 aliphatic carbocycles. The van der Waals surface area contributed by atoms with Crippen molar-refractivity contribution in [3.8, 4) is 0 Å². The van der Waals surface area contributed by atoms with E-state index in [0.717, 1.165) is 30.3 Å². The molecular weight excluding hydrogens is 514 g/mol. The van der Waals surface area contributed by atoms with Crippen LogP contribution in [0.4, 0.5) is 0 Å². The van der Waals surface area contributed by atoms with Gasteiger partial charge in [0.25, 0.3) is 5.91 Å². The molecule has 1 spiro atoms. The topological polar surface area (TPSA) is 127 Å². The molecule has 5 atom stereocenters. The molecule has 0 bridgehead atoms. The number of likely N-dealkylation sites (tertiary alicyclic amines) is 1. The number of carbonyl (C=O) groups excluding carboxylic acids is 3. The van der Waals surface area contributed by atoms with Gasteiger partial charge in [-0.05, 0) is 37.8 Å². The van der Waals surface area contributed by atoms with E-state index in [-0.39, 0.29) is 31.7 Å². The molecule has 1 aromatic carbocycles. The van der Waals surface area contributed by atoms with Gasteiger partial charge >= 0.3 is 5.97 Å². The molecule has 212 valence electrons. The van der Waals surface area contributed by atoms with E-state index in [0.29, 0.717) is 32.4 Å². The summed E-state index contributed by atoms with van der Waals surface area (Å²) in [6.45, 7) is 1.23. The number of unbranched alkanes of at least 4 members (excludes halogenated alkanes) is 3. The smallest absolute Gasteiger partial charge is 0.312 e. The van der Waals surface area contributed by atoms with Gasteiger partial charge in [0.15, 0.2) is 0 Å². The quantitative estimate of drug-likeness (QED) is 0.300. The van der Waals surface area contributed by atoms with Gasteiger partial charge in [-0.15, -0.1) is 5.10 Å². The van der Waals surface area contributed by atoms with Gasteiger partial charge in [0.05, 0.1) is 24.1 Å². The summed E-state index contributed by atoms with van der Waals surface area (Å²) in [7, 11) is 0. The number of aliphatic hydroxyl groups is 1. The number of rotatable bonds is 8. The molecule has 4 aliphatic rings. The van der Waals surface area contributed by atoms with Crippen LogP contribution in [0, 0.1) is 11.8 Å². The van der Waals surface area contributed by atoms with E-state index in [1.54, 1.807) is 14.5 Å². The van der Waals surface area contributed by atoms with Gasteiger partial charge < -0.3 is 24.4 Å². The first-order valence-electron chi connectivity index (χ1n) is 14.2. The number of fused-ring (bicyclic) bond motifs is 3. The first-order chi connectivity index (χ1) is 19.5. The van der Waals surface area contributed by atoms with Gasteiger partial charge in [0.1, 0.15) is 29.7 Å². The minimum Gasteiger partial charge on any atom is -0.465 e. The van der Waals surface area contributed by atoms with E-state index >= 15 is 0 Å². The van der Waals surface area contributed by atoms with Crippen molar-refractivity contribution in [2.45, 2.75) is 62.9 Å². The molecule has 40 heavy (non-hydrogen) atoms. The number of aliphatic hydroxyl groups excluding tert-OH is 1. The molecule has 1 unspecified atom stereocenters. The number of para-hydroxylation sites is 1. The number of carbonyl (C=O) groups is 3. The van der Waals surface area contributed by atoms with Crippen LogP contribution < -0.4 is 0 Å². The molecular formula is C29H35N5O6. The van der Waals surface area contributed by atoms with E-state index in [1.807, 2.05) is 48.6 Å². The second kappa shape index (κ2) is 11.1. The Labute approximate surface area is 232 Å². The summed E-state index contributed by atoms with van der Waals surface area (Å²) in [6.07, 6.45) is 11.3. The number of nitrogens with zero attached hydrogens (tertiary/aromatic N) is 5. The summed E-state index contributed by atoms with van der Waals surface area (Å²) < 4.78 is 13.9. The van der Waals surface area contributed by atoms with E-state index in [1.165, 1.54) is 0 Å². The molecule has 2 aromatic rings. The first-order valence-corrected chi connectivity index (χ1v) is 14.2. The van der Waals surface area contributed by atoms with Crippen molar-refractivity contribution < 1.29 is 29.0 Å². The maximum absolute atomic E-state index is 14.4.